The van der Waals surface area contributed by atoms with Gasteiger partial charge in [0.15, 0.2) is 5.69 Å². The van der Waals surface area contributed by atoms with Crippen LogP contribution in [0.5, 0.6) is 0 Å². The first kappa shape index (κ1) is 10.4. The molecule has 0 saturated carbocycles. The Morgan fingerprint density at radius 2 is 2.41 bits per heavy atom. The minimum absolute atomic E-state index is 0.0762. The first-order chi connectivity index (χ1) is 8.28. The van der Waals surface area contributed by atoms with Gasteiger partial charge in [-0.25, -0.2) is 0 Å². The highest BCUT2D eigenvalue weighted by molar-refractivity contribution is 5.45. The smallest absolute Gasteiger partial charge is 0.234 e. The molecular weight excluding hydrogens is 220 g/mol. The Labute approximate surface area is 98.0 Å². The average Bonchev–Trinajstić information content (AvgIpc) is 3.01. The molecule has 1 atom stereocenters. The first-order valence-electron chi connectivity index (χ1n) is 5.69. The van der Waals surface area contributed by atoms with Crippen molar-refractivity contribution in [1.29, 1.82) is 0 Å². The molecule has 1 fully saturated rings. The Morgan fingerprint density at radius 1 is 1.47 bits per heavy atom. The van der Waals surface area contributed by atoms with Gasteiger partial charge in [0.05, 0.1) is 11.6 Å². The van der Waals surface area contributed by atoms with Crippen LogP contribution in [0.15, 0.2) is 10.7 Å². The summed E-state index contributed by atoms with van der Waals surface area (Å²) in [5, 5.41) is 17.5. The van der Waals surface area contributed by atoms with E-state index in [1.165, 1.54) is 0 Å². The molecule has 2 N–H and O–H groups in total. The van der Waals surface area contributed by atoms with Crippen molar-refractivity contribution in [3.63, 3.8) is 0 Å². The number of H-pyrrole nitrogens is 1. The predicted octanol–water partition coefficient (Wildman–Crippen LogP) is 0.496. The summed E-state index contributed by atoms with van der Waals surface area (Å²) in [6.07, 6.45) is 3.76. The second kappa shape index (κ2) is 3.92. The molecule has 2 aromatic heterocycles. The van der Waals surface area contributed by atoms with Gasteiger partial charge in [-0.15, -0.1) is 0 Å². The molecule has 3 rings (SSSR count). The number of nitrogens with one attached hydrogen (secondary N) is 2. The molecule has 7 nitrogen and oxygen atoms in total. The molecule has 90 valence electrons. The van der Waals surface area contributed by atoms with Crippen LogP contribution < -0.4 is 5.32 Å². The Kier molecular flexibility index (Phi) is 2.40. The van der Waals surface area contributed by atoms with Crippen molar-refractivity contribution in [3.05, 3.63) is 12.1 Å². The van der Waals surface area contributed by atoms with Gasteiger partial charge in [-0.3, -0.25) is 0 Å². The Hall–Kier alpha value is -1.76. The van der Waals surface area contributed by atoms with E-state index in [1.807, 2.05) is 0 Å². The van der Waals surface area contributed by atoms with Crippen molar-refractivity contribution in [2.24, 2.45) is 0 Å². The molecule has 0 radical (unpaired) electrons. The van der Waals surface area contributed by atoms with Crippen LogP contribution in [0.25, 0.3) is 11.5 Å². The van der Waals surface area contributed by atoms with Crippen LogP contribution in [0.2, 0.25) is 0 Å². The number of piperidine rings is 1. The third kappa shape index (κ3) is 1.82. The third-order valence-corrected chi connectivity index (χ3v) is 3.18. The van der Waals surface area contributed by atoms with Crippen molar-refractivity contribution in [2.45, 2.75) is 25.2 Å². The summed E-state index contributed by atoms with van der Waals surface area (Å²) in [6.45, 7) is 4.06. The van der Waals surface area contributed by atoms with Crippen LogP contribution in [0, 0.1) is 0 Å². The van der Waals surface area contributed by atoms with E-state index < -0.39 is 0 Å². The van der Waals surface area contributed by atoms with Crippen LogP contribution >= 0.6 is 0 Å². The van der Waals surface area contributed by atoms with Crippen molar-refractivity contribution in [2.75, 3.05) is 13.1 Å². The number of aromatic nitrogens is 5. The van der Waals surface area contributed by atoms with Gasteiger partial charge in [0, 0.05) is 6.54 Å². The Bertz CT molecular complexity index is 485. The van der Waals surface area contributed by atoms with Crippen LogP contribution in [0.1, 0.15) is 25.7 Å². The van der Waals surface area contributed by atoms with E-state index >= 15 is 0 Å². The zero-order valence-electron chi connectivity index (χ0n) is 9.60. The van der Waals surface area contributed by atoms with E-state index in [1.54, 1.807) is 6.20 Å². The van der Waals surface area contributed by atoms with Crippen LogP contribution in [-0.4, -0.2) is 38.6 Å². The van der Waals surface area contributed by atoms with E-state index in [4.69, 9.17) is 4.52 Å². The fourth-order valence-electron chi connectivity index (χ4n) is 2.12. The van der Waals surface area contributed by atoms with E-state index in [9.17, 15) is 0 Å². The monoisotopic (exact) mass is 234 g/mol. The van der Waals surface area contributed by atoms with Gasteiger partial charge in [0.1, 0.15) is 0 Å². The summed E-state index contributed by atoms with van der Waals surface area (Å²) in [4.78, 5) is 4.41. The van der Waals surface area contributed by atoms with Gasteiger partial charge in [-0.1, -0.05) is 5.16 Å². The fourth-order valence-corrected chi connectivity index (χ4v) is 2.12. The zero-order valence-corrected chi connectivity index (χ0v) is 9.60. The van der Waals surface area contributed by atoms with Crippen molar-refractivity contribution >= 4 is 0 Å². The molecule has 17 heavy (non-hydrogen) atoms. The summed E-state index contributed by atoms with van der Waals surface area (Å²) < 4.78 is 5.35. The molecule has 1 aliphatic heterocycles. The summed E-state index contributed by atoms with van der Waals surface area (Å²) in [5.74, 6) is 1.16. The molecule has 1 unspecified atom stereocenters. The maximum absolute atomic E-state index is 5.35. The SMILES string of the molecule is CC1(c2nc(-c3cn[nH]n3)no2)CCCNC1. The van der Waals surface area contributed by atoms with Gasteiger partial charge >= 0.3 is 0 Å². The van der Waals surface area contributed by atoms with Gasteiger partial charge in [0.2, 0.25) is 11.7 Å². The van der Waals surface area contributed by atoms with Gasteiger partial charge in [-0.2, -0.15) is 20.4 Å². The highest BCUT2D eigenvalue weighted by Crippen LogP contribution is 2.30. The maximum Gasteiger partial charge on any atom is 0.234 e. The summed E-state index contributed by atoms with van der Waals surface area (Å²) in [7, 11) is 0. The molecule has 0 amide bonds. The van der Waals surface area contributed by atoms with Crippen LogP contribution in [0.3, 0.4) is 0 Å². The number of rotatable bonds is 2. The van der Waals surface area contributed by atoms with Crippen molar-refractivity contribution in [1.82, 2.24) is 30.9 Å². The molecule has 2 aromatic rings. The van der Waals surface area contributed by atoms with Gasteiger partial charge in [0.25, 0.3) is 0 Å². The number of hydrogen-bond acceptors (Lipinski definition) is 6. The minimum Gasteiger partial charge on any atom is -0.338 e. The lowest BCUT2D eigenvalue weighted by atomic mass is 9.83. The molecule has 3 heterocycles. The predicted molar refractivity (Wildman–Crippen MR) is 59.1 cm³/mol. The highest BCUT2D eigenvalue weighted by atomic mass is 16.5. The van der Waals surface area contributed by atoms with Crippen LogP contribution in [0.4, 0.5) is 0 Å². The third-order valence-electron chi connectivity index (χ3n) is 3.18. The second-order valence-corrected chi connectivity index (χ2v) is 4.62. The molecule has 0 spiro atoms. The molecule has 0 aromatic carbocycles. The summed E-state index contributed by atoms with van der Waals surface area (Å²) in [5.41, 5.74) is 0.528. The first-order valence-corrected chi connectivity index (χ1v) is 5.69. The lowest BCUT2D eigenvalue weighted by molar-refractivity contribution is 0.245. The molecule has 0 bridgehead atoms. The Morgan fingerprint density at radius 3 is 3.12 bits per heavy atom. The number of nitrogens with zero attached hydrogens (tertiary/aromatic N) is 4. The molecule has 0 aliphatic carbocycles. The molecular formula is C10H14N6O. The summed E-state index contributed by atoms with van der Waals surface area (Å²) >= 11 is 0. The Balaban J connectivity index is 1.89. The fraction of sp³-hybridized carbons (Fsp3) is 0.600. The van der Waals surface area contributed by atoms with E-state index in [0.29, 0.717) is 17.4 Å². The van der Waals surface area contributed by atoms with Gasteiger partial charge < -0.3 is 9.84 Å². The minimum atomic E-state index is -0.0762. The maximum atomic E-state index is 5.35. The number of aromatic amines is 1. The van der Waals surface area contributed by atoms with E-state index in [-0.39, 0.29) is 5.41 Å². The number of hydrogen-bond donors (Lipinski definition) is 2. The van der Waals surface area contributed by atoms with E-state index in [0.717, 1.165) is 25.9 Å². The quantitative estimate of drug-likeness (QED) is 0.785. The zero-order chi connectivity index (χ0) is 11.7. The van der Waals surface area contributed by atoms with Gasteiger partial charge in [-0.05, 0) is 26.3 Å². The molecule has 1 aliphatic rings. The highest BCUT2D eigenvalue weighted by Gasteiger charge is 2.34. The average molecular weight is 234 g/mol. The van der Waals surface area contributed by atoms with Crippen molar-refractivity contribution < 1.29 is 4.52 Å². The molecule has 7 heteroatoms. The lowest BCUT2D eigenvalue weighted by Gasteiger charge is -2.30. The van der Waals surface area contributed by atoms with E-state index in [2.05, 4.69) is 37.8 Å². The summed E-state index contributed by atoms with van der Waals surface area (Å²) in [6, 6.07) is 0. The molecule has 1 saturated heterocycles. The standard InChI is InChI=1S/C10H14N6O/c1-10(3-2-4-11-6-10)9-13-8(15-17-9)7-5-12-16-14-7/h5,11H,2-4,6H2,1H3,(H,12,14,16). The van der Waals surface area contributed by atoms with Crippen molar-refractivity contribution in [3.8, 4) is 11.5 Å². The van der Waals surface area contributed by atoms with Crippen LogP contribution in [-0.2, 0) is 5.41 Å². The topological polar surface area (TPSA) is 92.5 Å². The lowest BCUT2D eigenvalue weighted by Crippen LogP contribution is -2.41. The second-order valence-electron chi connectivity index (χ2n) is 4.62. The largest absolute Gasteiger partial charge is 0.338 e. The normalized spacial score (nSPS) is 25.0.